The van der Waals surface area contributed by atoms with Crippen LogP contribution in [0.4, 0.5) is 17.1 Å². The van der Waals surface area contributed by atoms with Crippen LogP contribution in [0.1, 0.15) is 33.4 Å². The molecule has 2 aliphatic heterocycles. The van der Waals surface area contributed by atoms with Crippen molar-refractivity contribution in [2.24, 2.45) is 0 Å². The van der Waals surface area contributed by atoms with Crippen molar-refractivity contribution in [2.75, 3.05) is 4.90 Å². The number of anilines is 3. The molecule has 0 atom stereocenters. The van der Waals surface area contributed by atoms with Gasteiger partial charge in [-0.05, 0) is 96.1 Å². The van der Waals surface area contributed by atoms with Crippen molar-refractivity contribution in [3.8, 4) is 40.7 Å². The molecule has 1 aliphatic carbocycles. The Hall–Kier alpha value is -7.65. The third kappa shape index (κ3) is 4.20. The number of hydrogen-bond donors (Lipinski definition) is 0. The lowest BCUT2D eigenvalue weighted by Crippen LogP contribution is -2.34. The molecule has 6 aromatic carbocycles. The molecule has 0 N–H and O–H groups in total. The standard InChI is InChI=1S/C49H26N6OS/c50-27-29-16-20-38-33(24-29)32-8-1-2-11-37(32)54(38)31-18-19-34-43(26-31)56-42-14-5-13-41(46(42)49(34)35-9-6-22-52-47(35)48-36(49)10-7-23-53-48)55-39-12-3-4-15-44(39)57-45-25-30(28-51)17-21-40(45)55/h1-26H. The molecule has 8 heteroatoms. The van der Waals surface area contributed by atoms with E-state index in [2.05, 4.69) is 113 Å². The summed E-state index contributed by atoms with van der Waals surface area (Å²) in [4.78, 5) is 14.4. The van der Waals surface area contributed by atoms with E-state index in [4.69, 9.17) is 14.7 Å². The predicted molar refractivity (Wildman–Crippen MR) is 222 cm³/mol. The third-order valence-corrected chi connectivity index (χ3v) is 12.7. The highest BCUT2D eigenvalue weighted by Crippen LogP contribution is 2.65. The Morgan fingerprint density at radius 3 is 2.07 bits per heavy atom. The fourth-order valence-corrected chi connectivity index (χ4v) is 10.5. The van der Waals surface area contributed by atoms with E-state index in [0.717, 1.165) is 99.5 Å². The summed E-state index contributed by atoms with van der Waals surface area (Å²) in [6.45, 7) is 0. The van der Waals surface area contributed by atoms with Crippen molar-refractivity contribution in [3.05, 3.63) is 191 Å². The number of nitriles is 2. The van der Waals surface area contributed by atoms with Crippen LogP contribution < -0.4 is 9.64 Å². The minimum atomic E-state index is -0.861. The topological polar surface area (TPSA) is 90.8 Å². The summed E-state index contributed by atoms with van der Waals surface area (Å²) < 4.78 is 9.42. The second-order valence-corrected chi connectivity index (χ2v) is 15.5. The molecule has 57 heavy (non-hydrogen) atoms. The molecule has 264 valence electrons. The van der Waals surface area contributed by atoms with E-state index < -0.39 is 5.41 Å². The van der Waals surface area contributed by atoms with Crippen LogP contribution in [0.25, 0.3) is 38.9 Å². The van der Waals surface area contributed by atoms with Crippen molar-refractivity contribution in [1.82, 2.24) is 14.5 Å². The quantitative estimate of drug-likeness (QED) is 0.174. The van der Waals surface area contributed by atoms with Crippen LogP contribution in [0.3, 0.4) is 0 Å². The zero-order valence-electron chi connectivity index (χ0n) is 30.0. The molecular formula is C49H26N6OS. The van der Waals surface area contributed by atoms with Gasteiger partial charge < -0.3 is 14.2 Å². The van der Waals surface area contributed by atoms with E-state index in [-0.39, 0.29) is 0 Å². The molecule has 3 aliphatic rings. The van der Waals surface area contributed by atoms with Gasteiger partial charge in [-0.3, -0.25) is 9.97 Å². The first-order valence-electron chi connectivity index (χ1n) is 18.6. The highest BCUT2D eigenvalue weighted by atomic mass is 32.2. The first kappa shape index (κ1) is 31.7. The number of ether oxygens (including phenoxy) is 1. The third-order valence-electron chi connectivity index (χ3n) is 11.6. The van der Waals surface area contributed by atoms with E-state index in [9.17, 15) is 10.5 Å². The first-order valence-corrected chi connectivity index (χ1v) is 19.4. The van der Waals surface area contributed by atoms with Crippen molar-refractivity contribution in [1.29, 1.82) is 10.5 Å². The van der Waals surface area contributed by atoms with Gasteiger partial charge in [0.25, 0.3) is 0 Å². The number of nitrogens with zero attached hydrogens (tertiary/aromatic N) is 6. The van der Waals surface area contributed by atoms with Crippen LogP contribution in [0, 0.1) is 22.7 Å². The number of pyridine rings is 2. The number of hydrogen-bond acceptors (Lipinski definition) is 7. The van der Waals surface area contributed by atoms with Crippen molar-refractivity contribution >= 4 is 50.6 Å². The van der Waals surface area contributed by atoms with Gasteiger partial charge in [0.1, 0.15) is 11.5 Å². The highest BCUT2D eigenvalue weighted by Gasteiger charge is 2.54. The van der Waals surface area contributed by atoms with Gasteiger partial charge >= 0.3 is 0 Å². The maximum Gasteiger partial charge on any atom is 0.134 e. The normalized spacial score (nSPS) is 13.8. The molecule has 0 saturated carbocycles. The Kier molecular flexibility index (Phi) is 6.49. The summed E-state index contributed by atoms with van der Waals surface area (Å²) in [6.07, 6.45) is 3.68. The number of benzene rings is 6. The van der Waals surface area contributed by atoms with E-state index >= 15 is 0 Å². The van der Waals surface area contributed by atoms with E-state index in [1.807, 2.05) is 67.0 Å². The number of aromatic nitrogens is 3. The second-order valence-electron chi connectivity index (χ2n) is 14.4. The lowest BCUT2D eigenvalue weighted by Gasteiger charge is -2.43. The van der Waals surface area contributed by atoms with E-state index in [1.165, 1.54) is 0 Å². The highest BCUT2D eigenvalue weighted by molar-refractivity contribution is 7.99. The van der Waals surface area contributed by atoms with Gasteiger partial charge in [0.15, 0.2) is 0 Å². The molecule has 0 amide bonds. The molecule has 0 radical (unpaired) electrons. The first-order chi connectivity index (χ1) is 28.2. The molecule has 5 heterocycles. The molecule has 0 unspecified atom stereocenters. The summed E-state index contributed by atoms with van der Waals surface area (Å²) in [5.74, 6) is 1.47. The van der Waals surface area contributed by atoms with Gasteiger partial charge in [0.05, 0.1) is 68.2 Å². The van der Waals surface area contributed by atoms with Gasteiger partial charge in [-0.1, -0.05) is 66.4 Å². The van der Waals surface area contributed by atoms with E-state index in [1.54, 1.807) is 11.8 Å². The van der Waals surface area contributed by atoms with Crippen LogP contribution in [0.2, 0.25) is 0 Å². The lowest BCUT2D eigenvalue weighted by atomic mass is 9.65. The molecule has 7 nitrogen and oxygen atoms in total. The zero-order valence-corrected chi connectivity index (χ0v) is 30.8. The Bertz CT molecular complexity index is 3270. The molecule has 0 fully saturated rings. The Morgan fingerprint density at radius 1 is 0.544 bits per heavy atom. The summed E-state index contributed by atoms with van der Waals surface area (Å²) in [5, 5.41) is 21.8. The average molecular weight is 747 g/mol. The maximum absolute atomic E-state index is 9.88. The Morgan fingerprint density at radius 2 is 1.25 bits per heavy atom. The van der Waals surface area contributed by atoms with Crippen LogP contribution >= 0.6 is 11.8 Å². The Labute approximate surface area is 331 Å². The number of fused-ring (bicyclic) bond motifs is 14. The molecule has 0 bridgehead atoms. The summed E-state index contributed by atoms with van der Waals surface area (Å²) in [6, 6.07) is 54.4. The minimum absolute atomic E-state index is 0.616. The molecular weight excluding hydrogens is 721 g/mol. The van der Waals surface area contributed by atoms with Gasteiger partial charge in [-0.25, -0.2) is 0 Å². The van der Waals surface area contributed by atoms with Gasteiger partial charge in [-0.15, -0.1) is 0 Å². The van der Waals surface area contributed by atoms with E-state index in [0.29, 0.717) is 11.1 Å². The zero-order chi connectivity index (χ0) is 37.8. The van der Waals surface area contributed by atoms with Crippen LogP contribution in [0.5, 0.6) is 11.5 Å². The van der Waals surface area contributed by atoms with Crippen LogP contribution in [-0.2, 0) is 5.41 Å². The van der Waals surface area contributed by atoms with Gasteiger partial charge in [-0.2, -0.15) is 10.5 Å². The molecule has 1 spiro atoms. The Balaban J connectivity index is 1.17. The number of rotatable bonds is 2. The molecule has 9 aromatic rings. The number of para-hydroxylation sites is 2. The predicted octanol–water partition coefficient (Wildman–Crippen LogP) is 11.7. The fraction of sp³-hybridized carbons (Fsp3) is 0.0204. The van der Waals surface area contributed by atoms with Crippen molar-refractivity contribution < 1.29 is 4.74 Å². The van der Waals surface area contributed by atoms with Crippen LogP contribution in [0.15, 0.2) is 168 Å². The van der Waals surface area contributed by atoms with Gasteiger partial charge in [0, 0.05) is 55.8 Å². The SMILES string of the molecule is N#Cc1ccc2c(c1)Sc1ccccc1N2c1cccc2c1C1(c3ccc(-n4c5ccccc5c5cc(C#N)ccc54)cc3O2)c2cccnc2-c2ncccc21. The average Bonchev–Trinajstić information content (AvgIpc) is 3.75. The smallest absolute Gasteiger partial charge is 0.134 e. The lowest BCUT2D eigenvalue weighted by molar-refractivity contribution is 0.436. The summed E-state index contributed by atoms with van der Waals surface area (Å²) in [5.41, 5.74) is 12.1. The maximum atomic E-state index is 9.88. The van der Waals surface area contributed by atoms with Crippen molar-refractivity contribution in [3.63, 3.8) is 0 Å². The molecule has 0 saturated heterocycles. The second kappa shape index (κ2) is 11.7. The summed E-state index contributed by atoms with van der Waals surface area (Å²) >= 11 is 1.68. The molecule has 12 rings (SSSR count). The van der Waals surface area contributed by atoms with Gasteiger partial charge in [0.2, 0.25) is 0 Å². The van der Waals surface area contributed by atoms with Crippen LogP contribution in [-0.4, -0.2) is 14.5 Å². The molecule has 3 aromatic heterocycles. The largest absolute Gasteiger partial charge is 0.457 e. The fourth-order valence-electron chi connectivity index (χ4n) is 9.37. The minimum Gasteiger partial charge on any atom is -0.457 e. The summed E-state index contributed by atoms with van der Waals surface area (Å²) in [7, 11) is 0. The van der Waals surface area contributed by atoms with Crippen molar-refractivity contribution in [2.45, 2.75) is 15.2 Å². The monoisotopic (exact) mass is 746 g/mol.